The fourth-order valence-corrected chi connectivity index (χ4v) is 7.93. The highest BCUT2D eigenvalue weighted by molar-refractivity contribution is 5.84. The molecule has 0 saturated heterocycles. The van der Waals surface area contributed by atoms with Gasteiger partial charge in [0.15, 0.2) is 0 Å². The van der Waals surface area contributed by atoms with E-state index in [1.165, 1.54) is 0 Å². The van der Waals surface area contributed by atoms with Gasteiger partial charge >= 0.3 is 0 Å². The third kappa shape index (κ3) is 6.91. The number of aromatic hydroxyl groups is 2. The van der Waals surface area contributed by atoms with Crippen molar-refractivity contribution in [1.82, 2.24) is 30.0 Å². The van der Waals surface area contributed by atoms with Gasteiger partial charge in [-0.05, 0) is 93.2 Å². The van der Waals surface area contributed by atoms with Crippen molar-refractivity contribution in [3.63, 3.8) is 0 Å². The molecule has 0 aliphatic carbocycles. The van der Waals surface area contributed by atoms with E-state index in [-0.39, 0.29) is 33.2 Å². The minimum absolute atomic E-state index is 0.0981. The number of aromatic nitrogens is 6. The Balaban J connectivity index is 1.36. The summed E-state index contributed by atoms with van der Waals surface area (Å²) in [6, 6.07) is 23.7. The van der Waals surface area contributed by atoms with Gasteiger partial charge in [-0.15, -0.1) is 10.2 Å². The molecule has 6 aromatic rings. The summed E-state index contributed by atoms with van der Waals surface area (Å²) in [5.41, 5.74) is 8.73. The normalized spacial score (nSPS) is 13.1. The van der Waals surface area contributed by atoms with Crippen LogP contribution < -0.4 is 0 Å². The molecule has 256 valence electrons. The lowest BCUT2D eigenvalue weighted by Crippen LogP contribution is -2.25. The average Bonchev–Trinajstić information content (AvgIpc) is 3.61. The first kappa shape index (κ1) is 34.2. The van der Waals surface area contributed by atoms with Crippen molar-refractivity contribution in [1.29, 1.82) is 0 Å². The van der Waals surface area contributed by atoms with E-state index < -0.39 is 0 Å². The summed E-state index contributed by atoms with van der Waals surface area (Å²) in [7, 11) is 0. The van der Waals surface area contributed by atoms with Crippen molar-refractivity contribution in [2.75, 3.05) is 0 Å². The van der Waals surface area contributed by atoms with Gasteiger partial charge < -0.3 is 10.2 Å². The van der Waals surface area contributed by atoms with E-state index in [9.17, 15) is 10.2 Å². The maximum absolute atomic E-state index is 11.0. The van der Waals surface area contributed by atoms with Crippen molar-refractivity contribution in [3.8, 4) is 22.9 Å². The van der Waals surface area contributed by atoms with Crippen LogP contribution in [0.5, 0.6) is 11.5 Å². The Morgan fingerprint density at radius 2 is 0.918 bits per heavy atom. The molecule has 0 saturated carbocycles. The van der Waals surface area contributed by atoms with E-state index in [2.05, 4.69) is 102 Å². The highest BCUT2D eigenvalue weighted by atomic mass is 16.3. The van der Waals surface area contributed by atoms with E-state index in [4.69, 9.17) is 0 Å². The molecule has 6 rings (SSSR count). The van der Waals surface area contributed by atoms with Gasteiger partial charge in [0.2, 0.25) is 0 Å². The number of nitrogens with zero attached hydrogens (tertiary/aromatic N) is 6. The monoisotopic (exact) mass is 658 g/mol. The van der Waals surface area contributed by atoms with Gasteiger partial charge in [-0.25, -0.2) is 9.36 Å². The van der Waals surface area contributed by atoms with Gasteiger partial charge in [-0.3, -0.25) is 0 Å². The third-order valence-corrected chi connectivity index (χ3v) is 9.42. The number of hydrogen-bond donors (Lipinski definition) is 2. The summed E-state index contributed by atoms with van der Waals surface area (Å²) in [6.07, 6.45) is 2.53. The van der Waals surface area contributed by atoms with Crippen molar-refractivity contribution in [2.24, 2.45) is 10.8 Å². The summed E-state index contributed by atoms with van der Waals surface area (Å²) in [5.74, 6) is 0.311. The molecule has 8 heteroatoms. The third-order valence-electron chi connectivity index (χ3n) is 9.42. The van der Waals surface area contributed by atoms with Crippen LogP contribution in [0.25, 0.3) is 33.4 Å². The zero-order chi connectivity index (χ0) is 35.5. The van der Waals surface area contributed by atoms with Crippen LogP contribution in [0.4, 0.5) is 0 Å². The van der Waals surface area contributed by atoms with Gasteiger partial charge in [0, 0.05) is 6.42 Å². The van der Waals surface area contributed by atoms with Crippen LogP contribution in [0.3, 0.4) is 0 Å². The lowest BCUT2D eigenvalue weighted by molar-refractivity contribution is 0.283. The van der Waals surface area contributed by atoms with Crippen molar-refractivity contribution < 1.29 is 10.2 Å². The van der Waals surface area contributed by atoms with Crippen molar-refractivity contribution in [3.05, 3.63) is 95.1 Å². The van der Waals surface area contributed by atoms with E-state index >= 15 is 0 Å². The van der Waals surface area contributed by atoms with Gasteiger partial charge in [-0.1, -0.05) is 116 Å². The molecule has 0 atom stereocenters. The fourth-order valence-electron chi connectivity index (χ4n) is 7.93. The van der Waals surface area contributed by atoms with Crippen LogP contribution in [0.15, 0.2) is 72.8 Å². The van der Waals surface area contributed by atoms with Crippen LogP contribution in [0.1, 0.15) is 104 Å². The summed E-state index contributed by atoms with van der Waals surface area (Å²) in [5, 5.41) is 40.3. The van der Waals surface area contributed by atoms with E-state index in [0.717, 1.165) is 57.2 Å². The van der Waals surface area contributed by atoms with E-state index in [1.807, 2.05) is 48.5 Å². The molecule has 2 aromatic heterocycles. The van der Waals surface area contributed by atoms with Crippen LogP contribution in [0, 0.1) is 10.8 Å². The Bertz CT molecular complexity index is 2000. The minimum atomic E-state index is -0.0981. The number of rotatable bonds is 8. The molecule has 0 spiro atoms. The molecular formula is C41H50N6O2. The van der Waals surface area contributed by atoms with Gasteiger partial charge in [0.25, 0.3) is 0 Å². The number of benzene rings is 4. The number of hydrogen-bond acceptors (Lipinski definition) is 6. The molecule has 0 aliphatic heterocycles. The number of phenolic OH excluding ortho intramolecular Hbond substituents is 2. The predicted molar refractivity (Wildman–Crippen MR) is 198 cm³/mol. The lowest BCUT2D eigenvalue weighted by atomic mass is 9.72. The van der Waals surface area contributed by atoms with Gasteiger partial charge in [0.1, 0.15) is 33.9 Å². The smallest absolute Gasteiger partial charge is 0.141 e. The number of fused-ring (bicyclic) bond motifs is 2. The number of phenols is 2. The Kier molecular flexibility index (Phi) is 8.37. The SMILES string of the molecule is CC(C)(C)CC(C)(C)c1ccc(O)c(-n2nnc3c(Cc4cccc5c4nnn5-c4cc(C(C)(C)CC(C)(C)C)ccc4O)cccc32)c1. The fraction of sp³-hybridized carbons (Fsp3) is 0.415. The average molecular weight is 659 g/mol. The zero-order valence-corrected chi connectivity index (χ0v) is 30.6. The van der Waals surface area contributed by atoms with E-state index in [0.29, 0.717) is 17.8 Å². The summed E-state index contributed by atoms with van der Waals surface area (Å²) < 4.78 is 3.47. The Morgan fingerprint density at radius 3 is 1.29 bits per heavy atom. The first-order valence-corrected chi connectivity index (χ1v) is 17.2. The first-order valence-electron chi connectivity index (χ1n) is 17.2. The molecule has 2 heterocycles. The summed E-state index contributed by atoms with van der Waals surface area (Å²) in [4.78, 5) is 0. The van der Waals surface area contributed by atoms with Crippen molar-refractivity contribution >= 4 is 22.1 Å². The Labute approximate surface area is 289 Å². The van der Waals surface area contributed by atoms with Crippen molar-refractivity contribution in [2.45, 2.75) is 99.3 Å². The van der Waals surface area contributed by atoms with Gasteiger partial charge in [-0.2, -0.15) is 0 Å². The Morgan fingerprint density at radius 1 is 0.531 bits per heavy atom. The van der Waals surface area contributed by atoms with Gasteiger partial charge in [0.05, 0.1) is 11.0 Å². The Hall–Kier alpha value is -4.72. The molecule has 0 aliphatic rings. The van der Waals surface area contributed by atoms with Crippen LogP contribution in [-0.2, 0) is 17.3 Å². The second-order valence-electron chi connectivity index (χ2n) is 17.4. The zero-order valence-electron chi connectivity index (χ0n) is 30.6. The second kappa shape index (κ2) is 12.0. The minimum Gasteiger partial charge on any atom is -0.506 e. The predicted octanol–water partition coefficient (Wildman–Crippen LogP) is 9.58. The standard InChI is InChI=1S/C41H50N6O2/c1-38(2,3)24-40(7,8)28-17-19-34(48)32(22-28)46-30-15-11-13-26(36(30)42-44-46)21-27-14-12-16-31-37(27)43-45-47(31)33-23-29(18-20-35(33)49)41(9,10)25-39(4,5)6/h11-20,22-23,48-49H,21,24-25H2,1-10H3. The molecule has 8 nitrogen and oxygen atoms in total. The molecule has 0 radical (unpaired) electrons. The highest BCUT2D eigenvalue weighted by Gasteiger charge is 2.30. The lowest BCUT2D eigenvalue weighted by Gasteiger charge is -2.33. The molecular weight excluding hydrogens is 608 g/mol. The molecule has 0 amide bonds. The molecule has 0 fully saturated rings. The van der Waals surface area contributed by atoms with Crippen LogP contribution in [0.2, 0.25) is 0 Å². The van der Waals surface area contributed by atoms with Crippen LogP contribution in [-0.4, -0.2) is 40.2 Å². The first-order chi connectivity index (χ1) is 22.8. The maximum Gasteiger partial charge on any atom is 0.141 e. The topological polar surface area (TPSA) is 102 Å². The molecule has 0 bridgehead atoms. The summed E-state index contributed by atoms with van der Waals surface area (Å²) >= 11 is 0. The second-order valence-corrected chi connectivity index (χ2v) is 17.4. The van der Waals surface area contributed by atoms with Crippen LogP contribution >= 0.6 is 0 Å². The maximum atomic E-state index is 11.0. The molecule has 0 unspecified atom stereocenters. The molecule has 4 aromatic carbocycles. The molecule has 2 N–H and O–H groups in total. The highest BCUT2D eigenvalue weighted by Crippen LogP contribution is 2.40. The largest absolute Gasteiger partial charge is 0.506 e. The summed E-state index contributed by atoms with van der Waals surface area (Å²) in [6.45, 7) is 22.5. The van der Waals surface area contributed by atoms with E-state index in [1.54, 1.807) is 21.5 Å². The molecule has 49 heavy (non-hydrogen) atoms. The quantitative estimate of drug-likeness (QED) is 0.169.